The fraction of sp³-hybridized carbons (Fsp3) is 0.381. The molecule has 31 heavy (non-hydrogen) atoms. The lowest BCUT2D eigenvalue weighted by molar-refractivity contribution is 0.0600. The first kappa shape index (κ1) is 21.9. The summed E-state index contributed by atoms with van der Waals surface area (Å²) in [5.41, 5.74) is 11.5. The minimum absolute atomic E-state index is 0.0748. The Morgan fingerprint density at radius 1 is 1.26 bits per heavy atom. The van der Waals surface area contributed by atoms with Crippen LogP contribution >= 0.6 is 0 Å². The first-order valence-corrected chi connectivity index (χ1v) is 10.0. The Balaban J connectivity index is 1.98. The summed E-state index contributed by atoms with van der Waals surface area (Å²) in [5.74, 6) is 0.840. The number of rotatable bonds is 10. The summed E-state index contributed by atoms with van der Waals surface area (Å²) in [7, 11) is 2.90. The zero-order valence-electron chi connectivity index (χ0n) is 17.8. The van der Waals surface area contributed by atoms with Gasteiger partial charge in [-0.3, -0.25) is 0 Å². The minimum Gasteiger partial charge on any atom is -0.496 e. The van der Waals surface area contributed by atoms with E-state index >= 15 is 0 Å². The molecule has 1 aromatic carbocycles. The third-order valence-corrected chi connectivity index (χ3v) is 4.85. The van der Waals surface area contributed by atoms with Crippen LogP contribution in [0.2, 0.25) is 0 Å². The number of nitrogens with one attached hydrogen (secondary N) is 1. The van der Waals surface area contributed by atoms with Gasteiger partial charge in [0.25, 0.3) is 0 Å². The van der Waals surface area contributed by atoms with E-state index in [1.54, 1.807) is 19.2 Å². The minimum atomic E-state index is -0.422. The normalized spacial score (nSPS) is 10.5. The Morgan fingerprint density at radius 3 is 2.81 bits per heavy atom. The number of carbonyl (C=O) groups excluding carboxylic acids is 1. The molecule has 0 aliphatic carbocycles. The van der Waals surface area contributed by atoms with Crippen molar-refractivity contribution < 1.29 is 14.3 Å². The molecule has 0 bridgehead atoms. The number of benzene rings is 1. The molecule has 0 atom stereocenters. The van der Waals surface area contributed by atoms with Gasteiger partial charge >= 0.3 is 5.97 Å². The molecule has 0 fully saturated rings. The number of unbranched alkanes of at least 4 members (excludes halogenated alkanes) is 2. The average molecular weight is 423 g/mol. The Labute approximate surface area is 179 Å². The van der Waals surface area contributed by atoms with E-state index < -0.39 is 5.97 Å². The van der Waals surface area contributed by atoms with E-state index in [2.05, 4.69) is 32.2 Å². The van der Waals surface area contributed by atoms with Gasteiger partial charge < -0.3 is 19.4 Å². The number of esters is 1. The molecule has 162 valence electrons. The zero-order valence-corrected chi connectivity index (χ0v) is 17.8. The van der Waals surface area contributed by atoms with Gasteiger partial charge in [0, 0.05) is 23.2 Å². The van der Waals surface area contributed by atoms with E-state index in [4.69, 9.17) is 15.0 Å². The van der Waals surface area contributed by atoms with Gasteiger partial charge in [-0.2, -0.15) is 0 Å². The zero-order chi connectivity index (χ0) is 22.2. The molecular formula is C21H25N7O3. The van der Waals surface area contributed by atoms with Gasteiger partial charge in [0.15, 0.2) is 5.82 Å². The second kappa shape index (κ2) is 10.3. The number of hydrogen-bond donors (Lipinski definition) is 1. The van der Waals surface area contributed by atoms with Gasteiger partial charge in [0.05, 0.1) is 31.8 Å². The summed E-state index contributed by atoms with van der Waals surface area (Å²) in [6.45, 7) is 3.37. The van der Waals surface area contributed by atoms with E-state index in [1.165, 1.54) is 7.11 Å². The highest BCUT2D eigenvalue weighted by atomic mass is 16.5. The van der Waals surface area contributed by atoms with E-state index in [9.17, 15) is 4.79 Å². The van der Waals surface area contributed by atoms with Crippen LogP contribution in [0.15, 0.2) is 35.6 Å². The summed E-state index contributed by atoms with van der Waals surface area (Å²) in [4.78, 5) is 23.4. The van der Waals surface area contributed by atoms with Gasteiger partial charge in [-0.1, -0.05) is 25.8 Å². The maximum atomic E-state index is 11.8. The van der Waals surface area contributed by atoms with Crippen LogP contribution in [0.4, 0.5) is 11.8 Å². The maximum absolute atomic E-state index is 11.8. The molecule has 0 radical (unpaired) electrons. The molecule has 10 heteroatoms. The SMILES string of the molecule is CCCCCNc1nc(N=[N+]=[N-])nc2ccn(Cc3ccc(C(=O)OC)cc3OC)c12. The highest BCUT2D eigenvalue weighted by Crippen LogP contribution is 2.28. The second-order valence-electron chi connectivity index (χ2n) is 6.89. The number of carbonyl (C=O) groups is 1. The van der Waals surface area contributed by atoms with Crippen molar-refractivity contribution in [3.8, 4) is 5.75 Å². The molecule has 1 N–H and O–H groups in total. The van der Waals surface area contributed by atoms with Crippen LogP contribution in [0, 0.1) is 0 Å². The molecular weight excluding hydrogens is 398 g/mol. The predicted molar refractivity (Wildman–Crippen MR) is 118 cm³/mol. The Kier molecular flexibility index (Phi) is 7.29. The van der Waals surface area contributed by atoms with E-state index in [1.807, 2.05) is 22.9 Å². The van der Waals surface area contributed by atoms with Crippen LogP contribution in [0.3, 0.4) is 0 Å². The molecule has 0 amide bonds. The maximum Gasteiger partial charge on any atom is 0.337 e. The van der Waals surface area contributed by atoms with Crippen molar-refractivity contribution in [2.24, 2.45) is 5.11 Å². The fourth-order valence-electron chi connectivity index (χ4n) is 3.32. The molecule has 0 saturated carbocycles. The Morgan fingerprint density at radius 2 is 2.10 bits per heavy atom. The Bertz CT molecular complexity index is 1120. The number of nitrogens with zero attached hydrogens (tertiary/aromatic N) is 6. The monoisotopic (exact) mass is 423 g/mol. The summed E-state index contributed by atoms with van der Waals surface area (Å²) < 4.78 is 12.3. The lowest BCUT2D eigenvalue weighted by atomic mass is 10.1. The average Bonchev–Trinajstić information content (AvgIpc) is 3.19. The topological polar surface area (TPSA) is 127 Å². The van der Waals surface area contributed by atoms with Crippen molar-refractivity contribution in [1.29, 1.82) is 0 Å². The molecule has 3 rings (SSSR count). The van der Waals surface area contributed by atoms with Crippen molar-refractivity contribution in [2.45, 2.75) is 32.7 Å². The molecule has 2 heterocycles. The molecule has 0 aliphatic heterocycles. The largest absolute Gasteiger partial charge is 0.496 e. The van der Waals surface area contributed by atoms with E-state index in [0.717, 1.165) is 36.9 Å². The quantitative estimate of drug-likeness (QED) is 0.164. The molecule has 0 aliphatic rings. The van der Waals surface area contributed by atoms with E-state index in [-0.39, 0.29) is 5.95 Å². The van der Waals surface area contributed by atoms with Crippen LogP contribution in [0.25, 0.3) is 21.5 Å². The van der Waals surface area contributed by atoms with E-state index in [0.29, 0.717) is 29.2 Å². The van der Waals surface area contributed by atoms with Crippen LogP contribution in [-0.4, -0.2) is 41.3 Å². The van der Waals surface area contributed by atoms with Gasteiger partial charge in [-0.15, -0.1) is 0 Å². The third kappa shape index (κ3) is 5.04. The molecule has 0 unspecified atom stereocenters. The van der Waals surface area contributed by atoms with Crippen molar-refractivity contribution in [1.82, 2.24) is 14.5 Å². The van der Waals surface area contributed by atoms with Gasteiger partial charge in [-0.05, 0) is 35.3 Å². The molecule has 3 aromatic rings. The smallest absolute Gasteiger partial charge is 0.337 e. The highest BCUT2D eigenvalue weighted by Gasteiger charge is 2.15. The van der Waals surface area contributed by atoms with Gasteiger partial charge in [-0.25, -0.2) is 14.8 Å². The first-order chi connectivity index (χ1) is 15.1. The molecule has 2 aromatic heterocycles. The van der Waals surface area contributed by atoms with Gasteiger partial charge in [0.1, 0.15) is 11.3 Å². The standard InChI is InChI=1S/C21H25N7O3/c1-4-5-6-10-23-19-18-16(24-21(25-19)26-27-22)9-11-28(18)13-15-8-7-14(20(29)31-3)12-17(15)30-2/h7-9,11-12H,4-6,10,13H2,1-3H3,(H,23,24,25). The predicted octanol–water partition coefficient (Wildman–Crippen LogP) is 4.82. The lowest BCUT2D eigenvalue weighted by Gasteiger charge is -2.14. The number of azide groups is 1. The summed E-state index contributed by atoms with van der Waals surface area (Å²) in [6, 6.07) is 7.04. The second-order valence-corrected chi connectivity index (χ2v) is 6.89. The number of fused-ring (bicyclic) bond motifs is 1. The molecule has 10 nitrogen and oxygen atoms in total. The lowest BCUT2D eigenvalue weighted by Crippen LogP contribution is -2.08. The third-order valence-electron chi connectivity index (χ3n) is 4.85. The van der Waals surface area contributed by atoms with Crippen molar-refractivity contribution in [3.05, 3.63) is 52.0 Å². The summed E-state index contributed by atoms with van der Waals surface area (Å²) in [5, 5.41) is 6.91. The number of hydrogen-bond acceptors (Lipinski definition) is 7. The molecule has 0 spiro atoms. The van der Waals surface area contributed by atoms with Crippen LogP contribution in [-0.2, 0) is 11.3 Å². The molecule has 0 saturated heterocycles. The van der Waals surface area contributed by atoms with Crippen molar-refractivity contribution in [3.63, 3.8) is 0 Å². The number of methoxy groups -OCH3 is 2. The summed E-state index contributed by atoms with van der Waals surface area (Å²) in [6.07, 6.45) is 5.12. The number of ether oxygens (including phenoxy) is 2. The summed E-state index contributed by atoms with van der Waals surface area (Å²) >= 11 is 0. The highest BCUT2D eigenvalue weighted by molar-refractivity contribution is 5.90. The first-order valence-electron chi connectivity index (χ1n) is 10.0. The van der Waals surface area contributed by atoms with Crippen LogP contribution < -0.4 is 10.1 Å². The number of aromatic nitrogens is 3. The number of anilines is 1. The van der Waals surface area contributed by atoms with Crippen molar-refractivity contribution >= 4 is 28.8 Å². The fourth-order valence-corrected chi connectivity index (χ4v) is 3.32. The Hall–Kier alpha value is -3.78. The van der Waals surface area contributed by atoms with Gasteiger partial charge in [0.2, 0.25) is 5.95 Å². The van der Waals surface area contributed by atoms with Crippen LogP contribution in [0.1, 0.15) is 42.1 Å². The van der Waals surface area contributed by atoms with Crippen LogP contribution in [0.5, 0.6) is 5.75 Å². The van der Waals surface area contributed by atoms with Crippen molar-refractivity contribution in [2.75, 3.05) is 26.1 Å².